The van der Waals surface area contributed by atoms with Crippen molar-refractivity contribution in [1.29, 1.82) is 0 Å². The summed E-state index contributed by atoms with van der Waals surface area (Å²) in [4.78, 5) is 24.1. The van der Waals surface area contributed by atoms with Crippen molar-refractivity contribution in [2.24, 2.45) is 0 Å². The lowest BCUT2D eigenvalue weighted by molar-refractivity contribution is -0.126. The molecule has 0 fully saturated rings. The van der Waals surface area contributed by atoms with Crippen LogP contribution in [0.15, 0.2) is 17.5 Å². The fraction of sp³-hybridized carbons (Fsp3) is 0.538. The summed E-state index contributed by atoms with van der Waals surface area (Å²) in [7, 11) is 0. The molecule has 1 rings (SSSR count). The molecule has 0 aromatic carbocycles. The molecule has 8 heteroatoms. The van der Waals surface area contributed by atoms with E-state index in [-0.39, 0.29) is 12.3 Å². The van der Waals surface area contributed by atoms with Gasteiger partial charge in [-0.1, -0.05) is 6.07 Å². The van der Waals surface area contributed by atoms with E-state index >= 15 is 0 Å². The van der Waals surface area contributed by atoms with Crippen LogP contribution in [-0.4, -0.2) is 52.5 Å². The number of nitrogens with one attached hydrogen (secondary N) is 2. The predicted molar refractivity (Wildman–Crippen MR) is 77.6 cm³/mol. The van der Waals surface area contributed by atoms with Gasteiger partial charge in [0.1, 0.15) is 5.54 Å². The van der Waals surface area contributed by atoms with Gasteiger partial charge >= 0.3 is 0 Å². The van der Waals surface area contributed by atoms with Crippen molar-refractivity contribution >= 4 is 23.2 Å². The third-order valence-corrected chi connectivity index (χ3v) is 3.95. The lowest BCUT2D eigenvalue weighted by Gasteiger charge is -2.29. The molecule has 1 unspecified atom stereocenters. The van der Waals surface area contributed by atoms with Crippen molar-refractivity contribution in [2.45, 2.75) is 24.9 Å². The van der Waals surface area contributed by atoms with Crippen molar-refractivity contribution in [2.75, 3.05) is 19.8 Å². The monoisotopic (exact) mass is 316 g/mol. The van der Waals surface area contributed by atoms with E-state index in [1.54, 1.807) is 6.07 Å². The summed E-state index contributed by atoms with van der Waals surface area (Å²) >= 11 is 1.41. The van der Waals surface area contributed by atoms with E-state index in [0.29, 0.717) is 0 Å². The second kappa shape index (κ2) is 8.08. The first-order valence-corrected chi connectivity index (χ1v) is 7.28. The van der Waals surface area contributed by atoms with Gasteiger partial charge in [0.15, 0.2) is 0 Å². The van der Waals surface area contributed by atoms with Crippen LogP contribution in [0.1, 0.15) is 24.3 Å². The van der Waals surface area contributed by atoms with Crippen LogP contribution in [0.3, 0.4) is 0 Å². The molecular formula is C13H20N2O5S. The Morgan fingerprint density at radius 1 is 1.29 bits per heavy atom. The maximum absolute atomic E-state index is 12.0. The minimum Gasteiger partial charge on any atom is -0.394 e. The first-order valence-electron chi connectivity index (χ1n) is 6.40. The number of hydrogen-bond acceptors (Lipinski definition) is 6. The van der Waals surface area contributed by atoms with Crippen molar-refractivity contribution < 1.29 is 24.9 Å². The third-order valence-electron chi connectivity index (χ3n) is 2.97. The van der Waals surface area contributed by atoms with Gasteiger partial charge in [0, 0.05) is 11.8 Å². The summed E-state index contributed by atoms with van der Waals surface area (Å²) < 4.78 is 0. The first-order chi connectivity index (χ1) is 9.96. The van der Waals surface area contributed by atoms with Gasteiger partial charge in [0.2, 0.25) is 11.8 Å². The lowest BCUT2D eigenvalue weighted by Crippen LogP contribution is -2.57. The van der Waals surface area contributed by atoms with E-state index in [2.05, 4.69) is 10.6 Å². The number of rotatable bonds is 8. The molecule has 0 aliphatic carbocycles. The Hall–Kier alpha value is -1.48. The average Bonchev–Trinajstić information content (AvgIpc) is 2.98. The first kappa shape index (κ1) is 17.6. The van der Waals surface area contributed by atoms with Crippen molar-refractivity contribution in [1.82, 2.24) is 10.6 Å². The summed E-state index contributed by atoms with van der Waals surface area (Å²) in [6.45, 7) is -0.404. The molecule has 21 heavy (non-hydrogen) atoms. The summed E-state index contributed by atoms with van der Waals surface area (Å²) in [5.41, 5.74) is -1.46. The van der Waals surface area contributed by atoms with E-state index in [1.807, 2.05) is 11.4 Å². The highest BCUT2D eigenvalue weighted by molar-refractivity contribution is 7.10. The number of aliphatic hydroxyl groups excluding tert-OH is 3. The number of carbonyl (C=O) groups excluding carboxylic acids is 2. The molecule has 0 aliphatic rings. The van der Waals surface area contributed by atoms with Gasteiger partial charge in [-0.3, -0.25) is 9.59 Å². The van der Waals surface area contributed by atoms with E-state index < -0.39 is 37.3 Å². The molecule has 1 aromatic heterocycles. The van der Waals surface area contributed by atoms with Crippen LogP contribution >= 0.6 is 11.3 Å². The molecule has 1 aromatic rings. The molecule has 0 spiro atoms. The van der Waals surface area contributed by atoms with Crippen LogP contribution < -0.4 is 10.6 Å². The number of hydrogen-bond donors (Lipinski definition) is 5. The van der Waals surface area contributed by atoms with E-state index in [9.17, 15) is 24.9 Å². The van der Waals surface area contributed by atoms with Crippen LogP contribution in [0.25, 0.3) is 0 Å². The molecule has 118 valence electrons. The molecule has 1 heterocycles. The summed E-state index contributed by atoms with van der Waals surface area (Å²) in [5.74, 6) is -0.752. The van der Waals surface area contributed by atoms with Crippen LogP contribution in [0.4, 0.5) is 0 Å². The van der Waals surface area contributed by atoms with Gasteiger partial charge < -0.3 is 26.0 Å². The Morgan fingerprint density at radius 2 is 1.90 bits per heavy atom. The summed E-state index contributed by atoms with van der Waals surface area (Å²) in [6.07, 6.45) is -0.0537. The Morgan fingerprint density at radius 3 is 2.33 bits per heavy atom. The maximum atomic E-state index is 12.0. The molecule has 0 saturated heterocycles. The third kappa shape index (κ3) is 5.09. The molecule has 0 radical (unpaired) electrons. The predicted octanol–water partition coefficient (Wildman–Crippen LogP) is -0.853. The molecule has 1 atom stereocenters. The van der Waals surface area contributed by atoms with Crippen molar-refractivity contribution in [3.05, 3.63) is 22.4 Å². The van der Waals surface area contributed by atoms with Crippen molar-refractivity contribution in [3.63, 3.8) is 0 Å². The van der Waals surface area contributed by atoms with Crippen LogP contribution in [0.2, 0.25) is 0 Å². The number of aliphatic hydroxyl groups is 3. The fourth-order valence-corrected chi connectivity index (χ4v) is 2.54. The van der Waals surface area contributed by atoms with Gasteiger partial charge in [-0.15, -0.1) is 11.3 Å². The number of amides is 2. The van der Waals surface area contributed by atoms with Crippen LogP contribution in [0.5, 0.6) is 0 Å². The van der Waals surface area contributed by atoms with Gasteiger partial charge in [-0.25, -0.2) is 0 Å². The smallest absolute Gasteiger partial charge is 0.223 e. The lowest BCUT2D eigenvalue weighted by atomic mass is 10.0. The van der Waals surface area contributed by atoms with E-state index in [4.69, 9.17) is 0 Å². The number of carbonyl (C=O) groups is 2. The normalized spacial score (nSPS) is 12.8. The molecule has 7 nitrogen and oxygen atoms in total. The SMILES string of the molecule is CC(=O)NC(CC(=O)NC(CO)(CO)CO)c1cccs1. The van der Waals surface area contributed by atoms with E-state index in [1.165, 1.54) is 18.3 Å². The number of thiophene rings is 1. The minimum atomic E-state index is -1.46. The van der Waals surface area contributed by atoms with E-state index in [0.717, 1.165) is 4.88 Å². The topological polar surface area (TPSA) is 119 Å². The second-order valence-electron chi connectivity index (χ2n) is 4.78. The molecule has 0 bridgehead atoms. The zero-order valence-corrected chi connectivity index (χ0v) is 12.5. The second-order valence-corrected chi connectivity index (χ2v) is 5.75. The highest BCUT2D eigenvalue weighted by Crippen LogP contribution is 2.22. The zero-order chi connectivity index (χ0) is 15.9. The maximum Gasteiger partial charge on any atom is 0.223 e. The van der Waals surface area contributed by atoms with Crippen LogP contribution in [-0.2, 0) is 9.59 Å². The molecule has 2 amide bonds. The zero-order valence-electron chi connectivity index (χ0n) is 11.7. The molecule has 0 saturated carbocycles. The van der Waals surface area contributed by atoms with Gasteiger partial charge in [0.25, 0.3) is 0 Å². The fourth-order valence-electron chi connectivity index (χ4n) is 1.76. The minimum absolute atomic E-state index is 0.0537. The molecule has 5 N–H and O–H groups in total. The average molecular weight is 316 g/mol. The van der Waals surface area contributed by atoms with Gasteiger partial charge in [-0.05, 0) is 11.4 Å². The Kier molecular flexibility index (Phi) is 6.76. The standard InChI is InChI=1S/C13H20N2O5S/c1-9(19)14-10(11-3-2-4-21-11)5-12(20)15-13(6-16,7-17)8-18/h2-4,10,16-18H,5-8H2,1H3,(H,14,19)(H,15,20). The van der Waals surface area contributed by atoms with Gasteiger partial charge in [0.05, 0.1) is 32.3 Å². The summed E-state index contributed by atoms with van der Waals surface area (Å²) in [5, 5.41) is 34.5. The Balaban J connectivity index is 2.75. The Bertz CT molecular complexity index is 451. The highest BCUT2D eigenvalue weighted by Gasteiger charge is 2.31. The quantitative estimate of drug-likeness (QED) is 0.428. The Labute approximate surface area is 126 Å². The molecular weight excluding hydrogens is 296 g/mol. The van der Waals surface area contributed by atoms with Gasteiger partial charge in [-0.2, -0.15) is 0 Å². The van der Waals surface area contributed by atoms with Crippen molar-refractivity contribution in [3.8, 4) is 0 Å². The largest absolute Gasteiger partial charge is 0.394 e. The highest BCUT2D eigenvalue weighted by atomic mass is 32.1. The molecule has 0 aliphatic heterocycles. The van der Waals surface area contributed by atoms with Crippen LogP contribution in [0, 0.1) is 0 Å². The summed E-state index contributed by atoms with van der Waals surface area (Å²) in [6, 6.07) is 3.12.